The second-order valence-corrected chi connectivity index (χ2v) is 8.85. The van der Waals surface area contributed by atoms with Crippen LogP contribution in [0.25, 0.3) is 11.0 Å². The molecular weight excluding hydrogens is 384 g/mol. The number of rotatable bonds is 8. The number of hydrogen-bond acceptors (Lipinski definition) is 5. The van der Waals surface area contributed by atoms with Crippen molar-refractivity contribution >= 4 is 28.7 Å². The molecule has 0 bridgehead atoms. The first-order valence-corrected chi connectivity index (χ1v) is 11.4. The van der Waals surface area contributed by atoms with Gasteiger partial charge in [-0.25, -0.2) is 4.98 Å². The number of fused-ring (bicyclic) bond motifs is 1. The molecule has 0 saturated carbocycles. The zero-order chi connectivity index (χ0) is 20.1. The Kier molecular flexibility index (Phi) is 6.56. The largest absolute Gasteiger partial charge is 0.468 e. The average molecular weight is 413 g/mol. The van der Waals surface area contributed by atoms with E-state index in [1.165, 1.54) is 19.3 Å². The van der Waals surface area contributed by atoms with Crippen LogP contribution in [-0.2, 0) is 4.79 Å². The van der Waals surface area contributed by atoms with Crippen LogP contribution in [0, 0.1) is 0 Å². The quantitative estimate of drug-likeness (QED) is 0.577. The Hall–Kier alpha value is -2.25. The van der Waals surface area contributed by atoms with Crippen LogP contribution >= 0.6 is 11.8 Å². The number of para-hydroxylation sites is 2. The van der Waals surface area contributed by atoms with Gasteiger partial charge in [-0.1, -0.05) is 18.6 Å². The fraction of sp³-hybridized carbons (Fsp3) is 0.455. The molecule has 0 aliphatic carbocycles. The minimum atomic E-state index is 0.0477. The Morgan fingerprint density at radius 3 is 2.83 bits per heavy atom. The minimum absolute atomic E-state index is 0.0477. The average Bonchev–Trinajstić information content (AvgIpc) is 3.43. The Morgan fingerprint density at radius 2 is 2.07 bits per heavy atom. The summed E-state index contributed by atoms with van der Waals surface area (Å²) in [7, 11) is 0. The number of likely N-dealkylation sites (tertiary alicyclic amines) is 1. The Morgan fingerprint density at radius 1 is 1.24 bits per heavy atom. The van der Waals surface area contributed by atoms with Gasteiger partial charge in [-0.15, -0.1) is 11.8 Å². The van der Waals surface area contributed by atoms with E-state index in [-0.39, 0.29) is 17.2 Å². The highest BCUT2D eigenvalue weighted by Gasteiger charge is 2.25. The van der Waals surface area contributed by atoms with Gasteiger partial charge in [0.1, 0.15) is 11.6 Å². The van der Waals surface area contributed by atoms with Crippen LogP contribution < -0.4 is 5.32 Å². The van der Waals surface area contributed by atoms with Gasteiger partial charge in [0.05, 0.1) is 34.3 Å². The second-order valence-electron chi connectivity index (χ2n) is 7.52. The number of carbonyl (C=O) groups is 1. The van der Waals surface area contributed by atoms with E-state index >= 15 is 0 Å². The first-order valence-electron chi connectivity index (χ1n) is 10.3. The van der Waals surface area contributed by atoms with Gasteiger partial charge in [-0.05, 0) is 57.1 Å². The summed E-state index contributed by atoms with van der Waals surface area (Å²) in [4.78, 5) is 22.9. The van der Waals surface area contributed by atoms with E-state index in [1.54, 1.807) is 18.0 Å². The van der Waals surface area contributed by atoms with Crippen molar-refractivity contribution in [3.05, 3.63) is 54.2 Å². The number of benzene rings is 1. The number of amides is 1. The molecule has 29 heavy (non-hydrogen) atoms. The molecule has 1 aliphatic rings. The molecule has 4 rings (SSSR count). The SMILES string of the molecule is CC(SCC(=O)NCC(c1ccco1)N1CCCCC1)c1nc2ccccc2[nH]1. The molecule has 6 nitrogen and oxygen atoms in total. The van der Waals surface area contributed by atoms with Crippen LogP contribution in [0.4, 0.5) is 0 Å². The lowest BCUT2D eigenvalue weighted by atomic mass is 10.1. The van der Waals surface area contributed by atoms with Crippen molar-refractivity contribution in [2.24, 2.45) is 0 Å². The van der Waals surface area contributed by atoms with E-state index in [4.69, 9.17) is 4.42 Å². The number of piperidine rings is 1. The molecule has 0 spiro atoms. The smallest absolute Gasteiger partial charge is 0.230 e. The molecule has 2 unspecified atom stereocenters. The topological polar surface area (TPSA) is 74.2 Å². The zero-order valence-corrected chi connectivity index (χ0v) is 17.6. The highest BCUT2D eigenvalue weighted by Crippen LogP contribution is 2.28. The standard InChI is InChI=1S/C22H28N4O2S/c1-16(22-24-17-8-3-4-9-18(17)25-22)29-15-21(27)23-14-19(20-10-7-13-28-20)26-11-5-2-6-12-26/h3-4,7-10,13,16,19H,2,5-6,11-12,14-15H2,1H3,(H,23,27)(H,24,25). The van der Waals surface area contributed by atoms with Crippen molar-refractivity contribution in [1.82, 2.24) is 20.2 Å². The summed E-state index contributed by atoms with van der Waals surface area (Å²) in [6.07, 6.45) is 5.40. The predicted octanol–water partition coefficient (Wildman–Crippen LogP) is 4.29. The summed E-state index contributed by atoms with van der Waals surface area (Å²) < 4.78 is 5.66. The van der Waals surface area contributed by atoms with Gasteiger partial charge < -0.3 is 14.7 Å². The summed E-state index contributed by atoms with van der Waals surface area (Å²) in [6.45, 7) is 4.76. The molecule has 1 aromatic carbocycles. The first kappa shape index (κ1) is 20.0. The lowest BCUT2D eigenvalue weighted by Crippen LogP contribution is -2.41. The Labute approximate surface area is 175 Å². The number of carbonyl (C=O) groups excluding carboxylic acids is 1. The van der Waals surface area contributed by atoms with Gasteiger partial charge in [0.25, 0.3) is 0 Å². The number of hydrogen-bond donors (Lipinski definition) is 2. The first-order chi connectivity index (χ1) is 14.2. The molecular formula is C22H28N4O2S. The fourth-order valence-corrected chi connectivity index (χ4v) is 4.60. The van der Waals surface area contributed by atoms with E-state index in [0.717, 1.165) is 35.7 Å². The molecule has 2 aromatic heterocycles. The second kappa shape index (κ2) is 9.50. The van der Waals surface area contributed by atoms with Gasteiger partial charge >= 0.3 is 0 Å². The van der Waals surface area contributed by atoms with Crippen molar-refractivity contribution in [1.29, 1.82) is 0 Å². The molecule has 3 heterocycles. The van der Waals surface area contributed by atoms with Gasteiger partial charge in [0.15, 0.2) is 0 Å². The fourth-order valence-electron chi connectivity index (χ4n) is 3.83. The molecule has 3 aromatic rings. The number of nitrogens with zero attached hydrogens (tertiary/aromatic N) is 2. The molecule has 7 heteroatoms. The Bertz CT molecular complexity index is 885. The van der Waals surface area contributed by atoms with E-state index in [0.29, 0.717) is 12.3 Å². The lowest BCUT2D eigenvalue weighted by Gasteiger charge is -2.33. The monoisotopic (exact) mass is 412 g/mol. The predicted molar refractivity (Wildman–Crippen MR) is 117 cm³/mol. The van der Waals surface area contributed by atoms with Crippen molar-refractivity contribution < 1.29 is 9.21 Å². The van der Waals surface area contributed by atoms with Gasteiger partial charge in [-0.3, -0.25) is 9.69 Å². The maximum atomic E-state index is 12.5. The van der Waals surface area contributed by atoms with E-state index in [1.807, 2.05) is 36.4 Å². The minimum Gasteiger partial charge on any atom is -0.468 e. The van der Waals surface area contributed by atoms with Crippen LogP contribution in [0.5, 0.6) is 0 Å². The van der Waals surface area contributed by atoms with Gasteiger partial charge in [0, 0.05) is 6.54 Å². The number of thioether (sulfide) groups is 1. The van der Waals surface area contributed by atoms with Crippen molar-refractivity contribution in [2.75, 3.05) is 25.4 Å². The van der Waals surface area contributed by atoms with Crippen LogP contribution in [0.15, 0.2) is 47.1 Å². The molecule has 1 aliphatic heterocycles. The molecule has 154 valence electrons. The molecule has 1 saturated heterocycles. The van der Waals surface area contributed by atoms with Crippen molar-refractivity contribution in [3.63, 3.8) is 0 Å². The number of aromatic nitrogens is 2. The van der Waals surface area contributed by atoms with Crippen LogP contribution in [0.1, 0.15) is 49.1 Å². The maximum absolute atomic E-state index is 12.5. The normalized spacial score (nSPS) is 17.3. The third-order valence-electron chi connectivity index (χ3n) is 5.45. The van der Waals surface area contributed by atoms with Crippen LogP contribution in [0.2, 0.25) is 0 Å². The van der Waals surface area contributed by atoms with E-state index in [2.05, 4.69) is 27.1 Å². The number of H-pyrrole nitrogens is 1. The van der Waals surface area contributed by atoms with Crippen molar-refractivity contribution in [3.8, 4) is 0 Å². The van der Waals surface area contributed by atoms with Gasteiger partial charge in [0.2, 0.25) is 5.91 Å². The number of nitrogens with one attached hydrogen (secondary N) is 2. The summed E-state index contributed by atoms with van der Waals surface area (Å²) >= 11 is 1.59. The van der Waals surface area contributed by atoms with E-state index in [9.17, 15) is 4.79 Å². The Balaban J connectivity index is 1.30. The molecule has 1 amide bonds. The van der Waals surface area contributed by atoms with Crippen molar-refractivity contribution in [2.45, 2.75) is 37.5 Å². The summed E-state index contributed by atoms with van der Waals surface area (Å²) in [5.74, 6) is 2.29. The molecule has 0 radical (unpaired) electrons. The summed E-state index contributed by atoms with van der Waals surface area (Å²) in [6, 6.07) is 12.0. The number of furan rings is 1. The van der Waals surface area contributed by atoms with Crippen LogP contribution in [0.3, 0.4) is 0 Å². The lowest BCUT2D eigenvalue weighted by molar-refractivity contribution is -0.118. The molecule has 2 atom stereocenters. The third-order valence-corrected chi connectivity index (χ3v) is 6.60. The number of aromatic amines is 1. The van der Waals surface area contributed by atoms with Gasteiger partial charge in [-0.2, -0.15) is 0 Å². The third kappa shape index (κ3) is 5.03. The van der Waals surface area contributed by atoms with E-state index < -0.39 is 0 Å². The summed E-state index contributed by atoms with van der Waals surface area (Å²) in [5.41, 5.74) is 1.99. The molecule has 2 N–H and O–H groups in total. The zero-order valence-electron chi connectivity index (χ0n) is 16.8. The number of imidazole rings is 1. The molecule has 1 fully saturated rings. The highest BCUT2D eigenvalue weighted by molar-refractivity contribution is 8.00. The maximum Gasteiger partial charge on any atom is 0.230 e. The summed E-state index contributed by atoms with van der Waals surface area (Å²) in [5, 5.41) is 3.23. The van der Waals surface area contributed by atoms with Crippen LogP contribution in [-0.4, -0.2) is 46.2 Å². The highest BCUT2D eigenvalue weighted by atomic mass is 32.2.